The molecule has 28 heavy (non-hydrogen) atoms. The second-order valence-corrected chi connectivity index (χ2v) is 6.39. The van der Waals surface area contributed by atoms with Gasteiger partial charge in [0.2, 0.25) is 5.43 Å². The average molecular weight is 400 g/mol. The van der Waals surface area contributed by atoms with Gasteiger partial charge in [-0.2, -0.15) is 0 Å². The fourth-order valence-electron chi connectivity index (χ4n) is 2.63. The highest BCUT2D eigenvalue weighted by molar-refractivity contribution is 5.78. The molecule has 0 spiro atoms. The number of pyridine rings is 1. The number of methoxy groups -OCH3 is 1. The quantitative estimate of drug-likeness (QED) is 0.586. The molecule has 0 saturated carbocycles. The number of rotatable bonds is 4. The Morgan fingerprint density at radius 2 is 1.71 bits per heavy atom. The van der Waals surface area contributed by atoms with Crippen molar-refractivity contribution in [2.75, 3.05) is 13.7 Å². The van der Waals surface area contributed by atoms with Crippen LogP contribution in [0.1, 0.15) is 45.7 Å². The molecule has 1 fully saturated rings. The maximum atomic E-state index is 11.7. The molecule has 10 nitrogen and oxygen atoms in total. The van der Waals surface area contributed by atoms with E-state index in [1.54, 1.807) is 6.92 Å². The Bertz CT molecular complexity index is 711. The van der Waals surface area contributed by atoms with Crippen molar-refractivity contribution in [3.05, 3.63) is 28.2 Å². The molecular formula is C18H28N2O8. The van der Waals surface area contributed by atoms with Crippen LogP contribution >= 0.6 is 0 Å². The fraction of sp³-hybridized carbons (Fsp3) is 0.556. The van der Waals surface area contributed by atoms with Gasteiger partial charge in [-0.3, -0.25) is 24.1 Å². The molecule has 1 aromatic heterocycles. The number of carboxylic acids is 3. The van der Waals surface area contributed by atoms with Crippen molar-refractivity contribution < 1.29 is 34.4 Å². The van der Waals surface area contributed by atoms with Crippen LogP contribution in [0.3, 0.4) is 0 Å². The van der Waals surface area contributed by atoms with Crippen LogP contribution in [0.4, 0.5) is 0 Å². The lowest BCUT2D eigenvalue weighted by atomic mass is 9.88. The Kier molecular flexibility index (Phi) is 10.5. The topological polar surface area (TPSA) is 157 Å². The lowest BCUT2D eigenvalue weighted by Crippen LogP contribution is -2.54. The molecule has 1 aliphatic heterocycles. The molecule has 0 radical (unpaired) electrons. The zero-order chi connectivity index (χ0) is 21.9. The number of ether oxygens (including phenoxy) is 1. The van der Waals surface area contributed by atoms with E-state index in [0.29, 0.717) is 18.7 Å². The molecule has 4 N–H and O–H groups in total. The van der Waals surface area contributed by atoms with Crippen molar-refractivity contribution in [1.29, 1.82) is 0 Å². The minimum atomic E-state index is -0.866. The number of H-pyrrole nitrogens is 1. The molecule has 2 heterocycles. The van der Waals surface area contributed by atoms with E-state index in [2.05, 4.69) is 4.98 Å². The molecule has 0 aliphatic carbocycles. The highest BCUT2D eigenvalue weighted by atomic mass is 16.5. The number of hydrogen-bond donors (Lipinski definition) is 4. The summed E-state index contributed by atoms with van der Waals surface area (Å²) in [7, 11) is 1.44. The molecular weight excluding hydrogens is 372 g/mol. The van der Waals surface area contributed by atoms with E-state index in [0.717, 1.165) is 33.2 Å². The minimum Gasteiger partial charge on any atom is -0.491 e. The number of nitrogens with one attached hydrogen (secondary N) is 1. The Morgan fingerprint density at radius 1 is 1.18 bits per heavy atom. The normalized spacial score (nSPS) is 18.6. The van der Waals surface area contributed by atoms with Crippen molar-refractivity contribution in [3.63, 3.8) is 0 Å². The Hall–Kier alpha value is -2.88. The molecule has 1 saturated heterocycles. The maximum Gasteiger partial charge on any atom is 0.323 e. The molecule has 1 atom stereocenters. The molecule has 158 valence electrons. The Balaban J connectivity index is 0.000000776. The summed E-state index contributed by atoms with van der Waals surface area (Å²) >= 11 is 0. The predicted octanol–water partition coefficient (Wildman–Crippen LogP) is 1.39. The number of hydrogen-bond acceptors (Lipinski definition) is 6. The van der Waals surface area contributed by atoms with Gasteiger partial charge in [0, 0.05) is 38.3 Å². The Labute approximate surface area is 162 Å². The van der Waals surface area contributed by atoms with Gasteiger partial charge >= 0.3 is 5.97 Å². The number of nitrogens with zero attached hydrogens (tertiary/aromatic N) is 1. The van der Waals surface area contributed by atoms with Crippen molar-refractivity contribution >= 4 is 17.9 Å². The van der Waals surface area contributed by atoms with Gasteiger partial charge in [-0.15, -0.1) is 0 Å². The second-order valence-electron chi connectivity index (χ2n) is 6.39. The van der Waals surface area contributed by atoms with Crippen LogP contribution in [0.5, 0.6) is 5.75 Å². The van der Waals surface area contributed by atoms with Crippen molar-refractivity contribution in [3.8, 4) is 5.75 Å². The predicted molar refractivity (Wildman–Crippen MR) is 101 cm³/mol. The summed E-state index contributed by atoms with van der Waals surface area (Å²) in [6.07, 6.45) is 4.03. The first-order chi connectivity index (χ1) is 12.9. The monoisotopic (exact) mass is 400 g/mol. The summed E-state index contributed by atoms with van der Waals surface area (Å²) in [6, 6.07) is 1.47. The Morgan fingerprint density at radius 3 is 2.14 bits per heavy atom. The third-order valence-electron chi connectivity index (χ3n) is 4.02. The van der Waals surface area contributed by atoms with Gasteiger partial charge in [-0.1, -0.05) is 0 Å². The lowest BCUT2D eigenvalue weighted by Gasteiger charge is -2.41. The smallest absolute Gasteiger partial charge is 0.323 e. The first kappa shape index (κ1) is 25.1. The van der Waals surface area contributed by atoms with E-state index in [1.165, 1.54) is 19.4 Å². The number of piperidine rings is 1. The summed E-state index contributed by atoms with van der Waals surface area (Å²) in [5.41, 5.74) is -0.366. The van der Waals surface area contributed by atoms with Gasteiger partial charge in [-0.05, 0) is 32.7 Å². The van der Waals surface area contributed by atoms with Gasteiger partial charge in [0.05, 0.1) is 7.11 Å². The molecule has 1 aliphatic rings. The summed E-state index contributed by atoms with van der Waals surface area (Å²) in [5.74, 6) is -2.22. The number of carboxylic acid groups (broad SMARTS) is 3. The number of aromatic nitrogens is 1. The molecule has 10 heteroatoms. The van der Waals surface area contributed by atoms with Gasteiger partial charge in [-0.25, -0.2) is 0 Å². The maximum absolute atomic E-state index is 11.7. The van der Waals surface area contributed by atoms with Crippen molar-refractivity contribution in [1.82, 2.24) is 9.88 Å². The fourth-order valence-corrected chi connectivity index (χ4v) is 2.63. The molecule has 0 amide bonds. The van der Waals surface area contributed by atoms with E-state index in [-0.39, 0.29) is 11.2 Å². The number of aromatic amines is 1. The first-order valence-corrected chi connectivity index (χ1v) is 8.57. The molecule has 2 rings (SSSR count). The number of aliphatic carboxylic acids is 3. The summed E-state index contributed by atoms with van der Waals surface area (Å²) in [5, 5.41) is 24.3. The molecule has 1 aromatic rings. The third-order valence-corrected chi connectivity index (χ3v) is 4.02. The van der Waals surface area contributed by atoms with Gasteiger partial charge in [0.1, 0.15) is 5.54 Å². The average Bonchev–Trinajstić information content (AvgIpc) is 2.56. The third kappa shape index (κ3) is 8.67. The van der Waals surface area contributed by atoms with Gasteiger partial charge in [0.25, 0.3) is 11.9 Å². The second kappa shape index (κ2) is 11.8. The van der Waals surface area contributed by atoms with E-state index in [4.69, 9.17) is 24.5 Å². The van der Waals surface area contributed by atoms with Crippen LogP contribution in [0.2, 0.25) is 0 Å². The number of carbonyl (C=O) groups is 3. The van der Waals surface area contributed by atoms with Crippen LogP contribution in [0, 0.1) is 0 Å². The highest BCUT2D eigenvalue weighted by Gasteiger charge is 2.41. The van der Waals surface area contributed by atoms with Gasteiger partial charge < -0.3 is 25.0 Å². The number of likely N-dealkylation sites (tertiary alicyclic amines) is 1. The van der Waals surface area contributed by atoms with Crippen LogP contribution in [0.15, 0.2) is 17.1 Å². The zero-order valence-corrected chi connectivity index (χ0v) is 16.5. The van der Waals surface area contributed by atoms with Crippen molar-refractivity contribution in [2.45, 2.75) is 52.1 Å². The standard InChI is InChI=1S/C14H20N2O4.2C2H4O2/c1-14(13(18)19)5-3-4-6-16(14)9-10-7-11(17)12(20-2)8-15-10;2*1-2(3)4/h7-8H,3-6,9H2,1-2H3,(H,15,17)(H,18,19);2*1H3,(H,3,4). The first-order valence-electron chi connectivity index (χ1n) is 8.57. The van der Waals surface area contributed by atoms with Gasteiger partial charge in [0.15, 0.2) is 5.75 Å². The molecule has 0 aromatic carbocycles. The van der Waals surface area contributed by atoms with Crippen molar-refractivity contribution in [2.24, 2.45) is 0 Å². The summed E-state index contributed by atoms with van der Waals surface area (Å²) < 4.78 is 4.92. The molecule has 0 bridgehead atoms. The lowest BCUT2D eigenvalue weighted by molar-refractivity contribution is -0.153. The van der Waals surface area contributed by atoms with Crippen LogP contribution < -0.4 is 10.2 Å². The van der Waals surface area contributed by atoms with E-state index >= 15 is 0 Å². The minimum absolute atomic E-state index is 0.199. The van der Waals surface area contributed by atoms with Crippen LogP contribution in [0.25, 0.3) is 0 Å². The SMILES string of the molecule is CC(=O)O.CC(=O)O.COc1c[nH]c(CN2CCCCC2(C)C(=O)O)cc1=O. The van der Waals surface area contributed by atoms with E-state index in [1.807, 2.05) is 4.90 Å². The molecule has 1 unspecified atom stereocenters. The van der Waals surface area contributed by atoms with E-state index < -0.39 is 23.4 Å². The summed E-state index contributed by atoms with van der Waals surface area (Å²) in [6.45, 7) is 5.05. The van der Waals surface area contributed by atoms with Crippen LogP contribution in [-0.2, 0) is 20.9 Å². The highest BCUT2D eigenvalue weighted by Crippen LogP contribution is 2.29. The zero-order valence-electron chi connectivity index (χ0n) is 16.5. The largest absolute Gasteiger partial charge is 0.491 e. The summed E-state index contributed by atoms with van der Waals surface area (Å²) in [4.78, 5) is 46.1. The van der Waals surface area contributed by atoms with Crippen LogP contribution in [-0.4, -0.2) is 62.3 Å². The van der Waals surface area contributed by atoms with E-state index in [9.17, 15) is 14.7 Å².